The molecule has 0 aliphatic heterocycles. The Morgan fingerprint density at radius 2 is 2.14 bits per heavy atom. The summed E-state index contributed by atoms with van der Waals surface area (Å²) < 4.78 is 40.7. The molecule has 2 atom stereocenters. The first-order valence-electron chi connectivity index (χ1n) is 7.08. The number of hydrogen-bond donors (Lipinski definition) is 1. The van der Waals surface area contributed by atoms with E-state index in [0.717, 1.165) is 19.3 Å². The fourth-order valence-electron chi connectivity index (χ4n) is 3.06. The molecule has 0 saturated heterocycles. The second-order valence-corrected chi connectivity index (χ2v) is 7.99. The van der Waals surface area contributed by atoms with Crippen LogP contribution in [0.2, 0.25) is 0 Å². The normalized spacial score (nSPS) is 22.9. The highest BCUT2D eigenvalue weighted by Gasteiger charge is 2.38. The SMILES string of the molecule is CCN(C1CCCC1CN)S(=O)(=O)c1ccc(F)cc1Br. The van der Waals surface area contributed by atoms with Crippen molar-refractivity contribution in [2.45, 2.75) is 37.1 Å². The first-order valence-corrected chi connectivity index (χ1v) is 9.32. The van der Waals surface area contributed by atoms with E-state index in [2.05, 4.69) is 15.9 Å². The van der Waals surface area contributed by atoms with E-state index in [-0.39, 0.29) is 21.3 Å². The van der Waals surface area contributed by atoms with E-state index < -0.39 is 15.8 Å². The maximum atomic E-state index is 13.2. The molecule has 4 nitrogen and oxygen atoms in total. The molecule has 1 fully saturated rings. The van der Waals surface area contributed by atoms with Gasteiger partial charge in [0.05, 0.1) is 4.90 Å². The maximum Gasteiger partial charge on any atom is 0.244 e. The minimum atomic E-state index is -3.66. The largest absolute Gasteiger partial charge is 0.330 e. The molecule has 7 heteroatoms. The van der Waals surface area contributed by atoms with Crippen LogP contribution in [-0.2, 0) is 10.0 Å². The molecule has 2 rings (SSSR count). The molecule has 2 unspecified atom stereocenters. The van der Waals surface area contributed by atoms with Crippen LogP contribution in [0.25, 0.3) is 0 Å². The number of nitrogens with zero attached hydrogens (tertiary/aromatic N) is 1. The number of nitrogens with two attached hydrogens (primary N) is 1. The average molecular weight is 379 g/mol. The van der Waals surface area contributed by atoms with Crippen LogP contribution in [0.5, 0.6) is 0 Å². The van der Waals surface area contributed by atoms with E-state index in [9.17, 15) is 12.8 Å². The second-order valence-electron chi connectivity index (χ2n) is 5.28. The van der Waals surface area contributed by atoms with Crippen LogP contribution in [0.1, 0.15) is 26.2 Å². The Hall–Kier alpha value is -0.500. The van der Waals surface area contributed by atoms with Crippen molar-refractivity contribution in [3.05, 3.63) is 28.5 Å². The van der Waals surface area contributed by atoms with Crippen molar-refractivity contribution < 1.29 is 12.8 Å². The maximum absolute atomic E-state index is 13.2. The molecule has 1 aromatic carbocycles. The molecule has 0 amide bonds. The predicted octanol–water partition coefficient (Wildman–Crippen LogP) is 2.73. The van der Waals surface area contributed by atoms with Gasteiger partial charge in [0.2, 0.25) is 10.0 Å². The summed E-state index contributed by atoms with van der Waals surface area (Å²) in [7, 11) is -3.66. The zero-order chi connectivity index (χ0) is 15.6. The third-order valence-electron chi connectivity index (χ3n) is 4.08. The van der Waals surface area contributed by atoms with Crippen molar-refractivity contribution in [3.8, 4) is 0 Å². The number of hydrogen-bond acceptors (Lipinski definition) is 3. The van der Waals surface area contributed by atoms with E-state index in [1.165, 1.54) is 22.5 Å². The molecule has 1 aromatic rings. The number of benzene rings is 1. The monoisotopic (exact) mass is 378 g/mol. The first kappa shape index (κ1) is 16.9. The van der Waals surface area contributed by atoms with Crippen LogP contribution in [0.15, 0.2) is 27.6 Å². The molecule has 21 heavy (non-hydrogen) atoms. The minimum Gasteiger partial charge on any atom is -0.330 e. The minimum absolute atomic E-state index is 0.0676. The van der Waals surface area contributed by atoms with E-state index in [1.54, 1.807) is 0 Å². The summed E-state index contributed by atoms with van der Waals surface area (Å²) in [6.07, 6.45) is 2.77. The Kier molecular flexibility index (Phi) is 5.40. The Morgan fingerprint density at radius 3 is 2.71 bits per heavy atom. The molecule has 0 radical (unpaired) electrons. The van der Waals surface area contributed by atoms with Crippen LogP contribution in [-0.4, -0.2) is 31.9 Å². The van der Waals surface area contributed by atoms with Gasteiger partial charge in [0.15, 0.2) is 0 Å². The van der Waals surface area contributed by atoms with Gasteiger partial charge in [-0.25, -0.2) is 12.8 Å². The van der Waals surface area contributed by atoms with Crippen molar-refractivity contribution in [2.75, 3.05) is 13.1 Å². The predicted molar refractivity (Wildman–Crippen MR) is 83.8 cm³/mol. The molecule has 0 spiro atoms. The third-order valence-corrected chi connectivity index (χ3v) is 7.06. The average Bonchev–Trinajstić information content (AvgIpc) is 2.86. The van der Waals surface area contributed by atoms with Crippen molar-refractivity contribution in [1.82, 2.24) is 4.31 Å². The van der Waals surface area contributed by atoms with E-state index in [0.29, 0.717) is 13.1 Å². The van der Waals surface area contributed by atoms with Gasteiger partial charge in [0.25, 0.3) is 0 Å². The second kappa shape index (κ2) is 6.73. The first-order chi connectivity index (χ1) is 9.91. The fourth-order valence-corrected chi connectivity index (χ4v) is 5.80. The van der Waals surface area contributed by atoms with Crippen LogP contribution in [0.3, 0.4) is 0 Å². The van der Waals surface area contributed by atoms with Crippen molar-refractivity contribution in [1.29, 1.82) is 0 Å². The zero-order valence-corrected chi connectivity index (χ0v) is 14.3. The Morgan fingerprint density at radius 1 is 1.43 bits per heavy atom. The van der Waals surface area contributed by atoms with Crippen molar-refractivity contribution in [2.24, 2.45) is 11.7 Å². The summed E-state index contributed by atoms with van der Waals surface area (Å²) >= 11 is 3.15. The lowest BCUT2D eigenvalue weighted by atomic mass is 10.0. The van der Waals surface area contributed by atoms with Crippen LogP contribution in [0, 0.1) is 11.7 Å². The van der Waals surface area contributed by atoms with Crippen LogP contribution in [0.4, 0.5) is 4.39 Å². The van der Waals surface area contributed by atoms with Gasteiger partial charge < -0.3 is 5.73 Å². The number of sulfonamides is 1. The van der Waals surface area contributed by atoms with E-state index in [4.69, 9.17) is 5.73 Å². The summed E-state index contributed by atoms with van der Waals surface area (Å²) in [5.74, 6) is -0.275. The van der Waals surface area contributed by atoms with Gasteiger partial charge in [-0.2, -0.15) is 4.31 Å². The Labute approximate surface area is 133 Å². The summed E-state index contributed by atoms with van der Waals surface area (Å²) in [5.41, 5.74) is 5.77. The molecule has 0 heterocycles. The molecule has 118 valence electrons. The molecule has 0 aromatic heterocycles. The van der Waals surface area contributed by atoms with Crippen molar-refractivity contribution >= 4 is 26.0 Å². The number of halogens is 2. The highest BCUT2D eigenvalue weighted by Crippen LogP contribution is 2.34. The van der Waals surface area contributed by atoms with Gasteiger partial charge in [-0.1, -0.05) is 13.3 Å². The topological polar surface area (TPSA) is 63.4 Å². The lowest BCUT2D eigenvalue weighted by Crippen LogP contribution is -2.44. The smallest absolute Gasteiger partial charge is 0.244 e. The van der Waals surface area contributed by atoms with Crippen LogP contribution >= 0.6 is 15.9 Å². The molecule has 1 saturated carbocycles. The van der Waals surface area contributed by atoms with Crippen LogP contribution < -0.4 is 5.73 Å². The van der Waals surface area contributed by atoms with Gasteiger partial charge in [-0.3, -0.25) is 0 Å². The van der Waals surface area contributed by atoms with Gasteiger partial charge >= 0.3 is 0 Å². The summed E-state index contributed by atoms with van der Waals surface area (Å²) in [4.78, 5) is 0.105. The molecular weight excluding hydrogens is 359 g/mol. The standard InChI is InChI=1S/C14H20BrFN2O2S/c1-2-18(13-5-3-4-10(13)9-17)21(19,20)14-7-6-11(16)8-12(14)15/h6-8,10,13H,2-5,9,17H2,1H3. The van der Waals surface area contributed by atoms with E-state index >= 15 is 0 Å². The highest BCUT2D eigenvalue weighted by atomic mass is 79.9. The Balaban J connectivity index is 2.40. The Bertz CT molecular complexity index is 609. The quantitative estimate of drug-likeness (QED) is 0.856. The lowest BCUT2D eigenvalue weighted by molar-refractivity contribution is 0.276. The molecule has 0 bridgehead atoms. The molecule has 1 aliphatic rings. The third kappa shape index (κ3) is 3.31. The zero-order valence-electron chi connectivity index (χ0n) is 11.9. The van der Waals surface area contributed by atoms with Gasteiger partial charge in [0, 0.05) is 17.1 Å². The lowest BCUT2D eigenvalue weighted by Gasteiger charge is -2.31. The van der Waals surface area contributed by atoms with Crippen molar-refractivity contribution in [3.63, 3.8) is 0 Å². The summed E-state index contributed by atoms with van der Waals surface area (Å²) in [6.45, 7) is 2.69. The fraction of sp³-hybridized carbons (Fsp3) is 0.571. The molecule has 2 N–H and O–H groups in total. The molecule has 1 aliphatic carbocycles. The van der Waals surface area contributed by atoms with Gasteiger partial charge in [-0.15, -0.1) is 0 Å². The summed E-state index contributed by atoms with van der Waals surface area (Å²) in [6, 6.07) is 3.59. The summed E-state index contributed by atoms with van der Waals surface area (Å²) in [5, 5.41) is 0. The van der Waals surface area contributed by atoms with Gasteiger partial charge in [-0.05, 0) is 59.4 Å². The molecular formula is C14H20BrFN2O2S. The number of rotatable bonds is 5. The van der Waals surface area contributed by atoms with E-state index in [1.807, 2.05) is 6.92 Å². The highest BCUT2D eigenvalue weighted by molar-refractivity contribution is 9.10. The van der Waals surface area contributed by atoms with Gasteiger partial charge in [0.1, 0.15) is 5.82 Å².